The Kier molecular flexibility index (Phi) is 6.21. The van der Waals surface area contributed by atoms with Crippen LogP contribution in [0.3, 0.4) is 0 Å². The maximum Gasteiger partial charge on any atom is 0.573 e. The number of carbonyl (C=O) groups is 2. The van der Waals surface area contributed by atoms with Crippen LogP contribution >= 0.6 is 0 Å². The van der Waals surface area contributed by atoms with Crippen molar-refractivity contribution in [3.63, 3.8) is 0 Å². The number of benzene rings is 2. The van der Waals surface area contributed by atoms with E-state index in [1.807, 2.05) is 0 Å². The maximum atomic E-state index is 12.4. The molecule has 0 aliphatic rings. The van der Waals surface area contributed by atoms with E-state index >= 15 is 0 Å². The highest BCUT2D eigenvalue weighted by atomic mass is 19.4. The van der Waals surface area contributed by atoms with E-state index in [9.17, 15) is 22.8 Å². The van der Waals surface area contributed by atoms with Gasteiger partial charge in [-0.25, -0.2) is 0 Å². The zero-order valence-electron chi connectivity index (χ0n) is 13.5. The van der Waals surface area contributed by atoms with Gasteiger partial charge in [0.05, 0.1) is 12.3 Å². The Morgan fingerprint density at radius 3 is 2.19 bits per heavy atom. The van der Waals surface area contributed by atoms with Crippen LogP contribution in [0.2, 0.25) is 0 Å². The number of halogens is 3. The van der Waals surface area contributed by atoms with Crippen molar-refractivity contribution in [1.82, 2.24) is 0 Å². The van der Waals surface area contributed by atoms with Crippen molar-refractivity contribution in [1.29, 1.82) is 0 Å². The summed E-state index contributed by atoms with van der Waals surface area (Å²) >= 11 is 0. The number of carboxylic acid groups (broad SMARTS) is 1. The van der Waals surface area contributed by atoms with Gasteiger partial charge in [-0.2, -0.15) is 0 Å². The van der Waals surface area contributed by atoms with Crippen LogP contribution in [0, 0.1) is 5.92 Å². The number of hydrogen-bond donors (Lipinski definition) is 2. The molecule has 0 fully saturated rings. The Bertz CT molecular complexity index is 745. The molecule has 8 heteroatoms. The molecule has 138 valence electrons. The molecule has 0 aliphatic carbocycles. The molecule has 0 heterocycles. The van der Waals surface area contributed by atoms with Gasteiger partial charge in [-0.05, 0) is 36.2 Å². The predicted molar refractivity (Wildman–Crippen MR) is 87.6 cm³/mol. The van der Waals surface area contributed by atoms with Crippen molar-refractivity contribution < 1.29 is 32.6 Å². The lowest BCUT2D eigenvalue weighted by Gasteiger charge is -2.15. The summed E-state index contributed by atoms with van der Waals surface area (Å²) in [5.41, 5.74) is 1.05. The molecule has 2 aromatic rings. The Balaban J connectivity index is 2.05. The molecule has 0 saturated carbocycles. The fourth-order valence-corrected chi connectivity index (χ4v) is 2.35. The number of carboxylic acids is 1. The van der Waals surface area contributed by atoms with Crippen LogP contribution in [0.5, 0.6) is 5.75 Å². The van der Waals surface area contributed by atoms with E-state index in [2.05, 4.69) is 10.1 Å². The molecular formula is C18H16F3NO4. The maximum absolute atomic E-state index is 12.4. The van der Waals surface area contributed by atoms with Crippen LogP contribution < -0.4 is 10.1 Å². The summed E-state index contributed by atoms with van der Waals surface area (Å²) in [6.45, 7) is 0. The molecule has 2 aromatic carbocycles. The first kappa shape index (κ1) is 19.3. The Hall–Kier alpha value is -3.03. The van der Waals surface area contributed by atoms with Crippen LogP contribution in [-0.4, -0.2) is 23.3 Å². The standard InChI is InChI=1S/C18H16F3NO4/c19-18(20,21)26-15-8-6-14(7-9-15)22-17(25)13(11-16(23)24)10-12-4-2-1-3-5-12/h1-9,13H,10-11H2,(H,22,25)(H,23,24). The number of ether oxygens (including phenoxy) is 1. The topological polar surface area (TPSA) is 75.6 Å². The Morgan fingerprint density at radius 1 is 1.04 bits per heavy atom. The number of rotatable bonds is 7. The van der Waals surface area contributed by atoms with Crippen LogP contribution in [-0.2, 0) is 16.0 Å². The van der Waals surface area contributed by atoms with Crippen molar-refractivity contribution >= 4 is 17.6 Å². The van der Waals surface area contributed by atoms with Crippen molar-refractivity contribution in [2.45, 2.75) is 19.2 Å². The van der Waals surface area contributed by atoms with Gasteiger partial charge in [0.15, 0.2) is 0 Å². The summed E-state index contributed by atoms with van der Waals surface area (Å²) in [4.78, 5) is 23.4. The van der Waals surface area contributed by atoms with Crippen molar-refractivity contribution in [2.24, 2.45) is 5.92 Å². The van der Waals surface area contributed by atoms with Crippen LogP contribution in [0.15, 0.2) is 54.6 Å². The van der Waals surface area contributed by atoms with Gasteiger partial charge in [0, 0.05) is 5.69 Å². The Morgan fingerprint density at radius 2 is 1.65 bits per heavy atom. The highest BCUT2D eigenvalue weighted by Gasteiger charge is 2.31. The zero-order valence-corrected chi connectivity index (χ0v) is 13.5. The summed E-state index contributed by atoms with van der Waals surface area (Å²) in [6.07, 6.45) is -4.93. The molecule has 0 spiro atoms. The number of hydrogen-bond acceptors (Lipinski definition) is 3. The molecule has 26 heavy (non-hydrogen) atoms. The number of aliphatic carboxylic acids is 1. The molecule has 0 aromatic heterocycles. The van der Waals surface area contributed by atoms with Gasteiger partial charge in [0.1, 0.15) is 5.75 Å². The summed E-state index contributed by atoms with van der Waals surface area (Å²) in [6, 6.07) is 13.6. The van der Waals surface area contributed by atoms with Gasteiger partial charge < -0.3 is 15.2 Å². The first-order valence-electron chi connectivity index (χ1n) is 7.65. The second-order valence-corrected chi connectivity index (χ2v) is 5.55. The second-order valence-electron chi connectivity index (χ2n) is 5.55. The molecule has 2 rings (SSSR count). The highest BCUT2D eigenvalue weighted by molar-refractivity contribution is 5.94. The van der Waals surface area contributed by atoms with Crippen LogP contribution in [0.1, 0.15) is 12.0 Å². The normalized spacial score (nSPS) is 12.3. The lowest BCUT2D eigenvalue weighted by Crippen LogP contribution is -2.27. The largest absolute Gasteiger partial charge is 0.573 e. The van der Waals surface area contributed by atoms with Crippen LogP contribution in [0.25, 0.3) is 0 Å². The summed E-state index contributed by atoms with van der Waals surface area (Å²) in [5, 5.41) is 11.5. The molecule has 1 unspecified atom stereocenters. The molecule has 2 N–H and O–H groups in total. The Labute approximate surface area is 147 Å². The molecule has 0 aliphatic heterocycles. The van der Waals surface area contributed by atoms with Gasteiger partial charge in [-0.1, -0.05) is 30.3 Å². The molecular weight excluding hydrogens is 351 g/mol. The summed E-state index contributed by atoms with van der Waals surface area (Å²) in [7, 11) is 0. The van der Waals surface area contributed by atoms with E-state index < -0.39 is 29.9 Å². The van der Waals surface area contributed by atoms with Gasteiger partial charge in [-0.15, -0.1) is 13.2 Å². The first-order chi connectivity index (χ1) is 12.2. The lowest BCUT2D eigenvalue weighted by molar-refractivity contribution is -0.274. The number of alkyl halides is 3. The summed E-state index contributed by atoms with van der Waals surface area (Å²) < 4.78 is 40.2. The monoisotopic (exact) mass is 367 g/mol. The smallest absolute Gasteiger partial charge is 0.481 e. The number of anilines is 1. The van der Waals surface area contributed by atoms with E-state index in [1.165, 1.54) is 12.1 Å². The second kappa shape index (κ2) is 8.37. The van der Waals surface area contributed by atoms with Crippen molar-refractivity contribution in [2.75, 3.05) is 5.32 Å². The molecule has 5 nitrogen and oxygen atoms in total. The van der Waals surface area contributed by atoms with Gasteiger partial charge in [0.2, 0.25) is 5.91 Å². The quantitative estimate of drug-likeness (QED) is 0.779. The predicted octanol–water partition coefficient (Wildman–Crippen LogP) is 3.86. The van der Waals surface area contributed by atoms with Crippen molar-refractivity contribution in [3.05, 3.63) is 60.2 Å². The van der Waals surface area contributed by atoms with E-state index in [-0.39, 0.29) is 18.5 Å². The minimum absolute atomic E-state index is 0.230. The van der Waals surface area contributed by atoms with Gasteiger partial charge >= 0.3 is 12.3 Å². The van der Waals surface area contributed by atoms with Gasteiger partial charge in [0.25, 0.3) is 0 Å². The number of carbonyl (C=O) groups excluding carboxylic acids is 1. The SMILES string of the molecule is O=C(O)CC(Cc1ccccc1)C(=O)Nc1ccc(OC(F)(F)F)cc1. The average Bonchev–Trinajstić information content (AvgIpc) is 2.55. The first-order valence-corrected chi connectivity index (χ1v) is 7.65. The third-order valence-electron chi connectivity index (χ3n) is 3.47. The number of nitrogens with one attached hydrogen (secondary N) is 1. The molecule has 0 radical (unpaired) electrons. The van der Waals surface area contributed by atoms with E-state index in [1.54, 1.807) is 30.3 Å². The average molecular weight is 367 g/mol. The molecule has 1 amide bonds. The third kappa shape index (κ3) is 6.46. The fraction of sp³-hybridized carbons (Fsp3) is 0.222. The lowest BCUT2D eigenvalue weighted by atomic mass is 9.95. The highest BCUT2D eigenvalue weighted by Crippen LogP contribution is 2.24. The van der Waals surface area contributed by atoms with Crippen LogP contribution in [0.4, 0.5) is 18.9 Å². The van der Waals surface area contributed by atoms with E-state index in [4.69, 9.17) is 5.11 Å². The van der Waals surface area contributed by atoms with Gasteiger partial charge in [-0.3, -0.25) is 9.59 Å². The van der Waals surface area contributed by atoms with E-state index in [0.717, 1.165) is 17.7 Å². The summed E-state index contributed by atoms with van der Waals surface area (Å²) in [5.74, 6) is -2.88. The molecule has 1 atom stereocenters. The number of amides is 1. The minimum atomic E-state index is -4.80. The zero-order chi connectivity index (χ0) is 19.2. The minimum Gasteiger partial charge on any atom is -0.481 e. The molecule has 0 saturated heterocycles. The fourth-order valence-electron chi connectivity index (χ4n) is 2.35. The third-order valence-corrected chi connectivity index (χ3v) is 3.47. The van der Waals surface area contributed by atoms with Crippen molar-refractivity contribution in [3.8, 4) is 5.75 Å². The van der Waals surface area contributed by atoms with E-state index in [0.29, 0.717) is 0 Å². The molecule has 0 bridgehead atoms.